The van der Waals surface area contributed by atoms with Gasteiger partial charge in [0.2, 0.25) is 0 Å². The summed E-state index contributed by atoms with van der Waals surface area (Å²) >= 11 is 0. The summed E-state index contributed by atoms with van der Waals surface area (Å²) in [7, 11) is 4.11. The summed E-state index contributed by atoms with van der Waals surface area (Å²) in [4.78, 5) is 17.5. The molecule has 1 aliphatic carbocycles. The van der Waals surface area contributed by atoms with Gasteiger partial charge in [-0.15, -0.1) is 0 Å². The van der Waals surface area contributed by atoms with Gasteiger partial charge in [0.25, 0.3) is 0 Å². The lowest BCUT2D eigenvalue weighted by Gasteiger charge is -2.08. The van der Waals surface area contributed by atoms with Crippen LogP contribution in [0.3, 0.4) is 0 Å². The molecule has 0 N–H and O–H groups in total. The van der Waals surface area contributed by atoms with E-state index in [1.165, 1.54) is 0 Å². The van der Waals surface area contributed by atoms with E-state index in [9.17, 15) is 0 Å². The van der Waals surface area contributed by atoms with Crippen molar-refractivity contribution in [2.75, 3.05) is 27.2 Å². The Labute approximate surface area is 153 Å². The highest BCUT2D eigenvalue weighted by atomic mass is 16.6. The number of rotatable bonds is 5. The summed E-state index contributed by atoms with van der Waals surface area (Å²) < 4.78 is 0. The highest BCUT2D eigenvalue weighted by molar-refractivity contribution is 6.23. The SMILES string of the molecule is Cc1cccc2nc3c(nc12)-c1ccccc1/C3=N\OCCCN(C)C. The van der Waals surface area contributed by atoms with Gasteiger partial charge in [0.1, 0.15) is 18.0 Å². The first-order valence-corrected chi connectivity index (χ1v) is 8.87. The van der Waals surface area contributed by atoms with E-state index in [4.69, 9.17) is 14.8 Å². The van der Waals surface area contributed by atoms with Crippen molar-refractivity contribution < 1.29 is 4.84 Å². The van der Waals surface area contributed by atoms with Crippen molar-refractivity contribution in [2.45, 2.75) is 13.3 Å². The van der Waals surface area contributed by atoms with E-state index in [2.05, 4.69) is 49.3 Å². The highest BCUT2D eigenvalue weighted by Gasteiger charge is 2.29. The topological polar surface area (TPSA) is 50.6 Å². The standard InChI is InChI=1S/C21H22N4O/c1-14-8-6-11-17-18(14)23-19-15-9-4-5-10-16(15)20(21(19)22-17)24-26-13-7-12-25(2)3/h4-6,8-11H,7,12-13H2,1-3H3/b24-20+. The Balaban J connectivity index is 1.75. The third-order valence-corrected chi connectivity index (χ3v) is 4.56. The van der Waals surface area contributed by atoms with Crippen LogP contribution in [0.15, 0.2) is 47.6 Å². The number of fused-ring (bicyclic) bond motifs is 4. The Bertz CT molecular complexity index is 994. The molecule has 0 spiro atoms. The molecular formula is C21H22N4O. The van der Waals surface area contributed by atoms with Crippen LogP contribution >= 0.6 is 0 Å². The van der Waals surface area contributed by atoms with Crippen molar-refractivity contribution in [3.05, 3.63) is 59.3 Å². The number of aromatic nitrogens is 2. The van der Waals surface area contributed by atoms with Gasteiger partial charge in [0, 0.05) is 17.7 Å². The van der Waals surface area contributed by atoms with Crippen molar-refractivity contribution in [3.63, 3.8) is 0 Å². The van der Waals surface area contributed by atoms with Crippen molar-refractivity contribution in [1.82, 2.24) is 14.9 Å². The molecule has 0 fully saturated rings. The number of oxime groups is 1. The lowest BCUT2D eigenvalue weighted by atomic mass is 10.1. The first-order chi connectivity index (χ1) is 12.6. The van der Waals surface area contributed by atoms with E-state index >= 15 is 0 Å². The summed E-state index contributed by atoms with van der Waals surface area (Å²) in [5, 5.41) is 4.43. The molecule has 0 atom stereocenters. The minimum absolute atomic E-state index is 0.583. The van der Waals surface area contributed by atoms with E-state index in [1.54, 1.807) is 0 Å². The van der Waals surface area contributed by atoms with Gasteiger partial charge in [-0.25, -0.2) is 9.97 Å². The average Bonchev–Trinajstić information content (AvgIpc) is 2.93. The first-order valence-electron chi connectivity index (χ1n) is 8.87. The van der Waals surface area contributed by atoms with Gasteiger partial charge in [-0.2, -0.15) is 0 Å². The molecule has 5 heteroatoms. The maximum atomic E-state index is 5.61. The smallest absolute Gasteiger partial charge is 0.138 e. The Morgan fingerprint density at radius 2 is 1.77 bits per heavy atom. The maximum Gasteiger partial charge on any atom is 0.138 e. The van der Waals surface area contributed by atoms with Gasteiger partial charge in [-0.05, 0) is 39.1 Å². The van der Waals surface area contributed by atoms with Crippen LogP contribution < -0.4 is 0 Å². The second kappa shape index (κ2) is 6.84. The fraction of sp³-hybridized carbons (Fsp3) is 0.286. The molecule has 132 valence electrons. The molecule has 0 saturated heterocycles. The van der Waals surface area contributed by atoms with E-state index < -0.39 is 0 Å². The molecule has 1 aromatic heterocycles. The van der Waals surface area contributed by atoms with Gasteiger partial charge in [-0.1, -0.05) is 41.6 Å². The minimum Gasteiger partial charge on any atom is -0.395 e. The molecule has 0 amide bonds. The zero-order valence-corrected chi connectivity index (χ0v) is 15.4. The Hall–Kier alpha value is -2.79. The number of benzene rings is 2. The number of nitrogens with zero attached hydrogens (tertiary/aromatic N) is 4. The van der Waals surface area contributed by atoms with E-state index in [0.29, 0.717) is 6.61 Å². The lowest BCUT2D eigenvalue weighted by Crippen LogP contribution is -2.14. The fourth-order valence-corrected chi connectivity index (χ4v) is 3.24. The molecule has 5 nitrogen and oxygen atoms in total. The molecule has 1 aliphatic rings. The second-order valence-corrected chi connectivity index (χ2v) is 6.84. The predicted molar refractivity (Wildman–Crippen MR) is 104 cm³/mol. The molecule has 0 aliphatic heterocycles. The molecule has 26 heavy (non-hydrogen) atoms. The van der Waals surface area contributed by atoms with Gasteiger partial charge >= 0.3 is 0 Å². The van der Waals surface area contributed by atoms with Crippen LogP contribution in [0, 0.1) is 6.92 Å². The Morgan fingerprint density at radius 3 is 2.58 bits per heavy atom. The minimum atomic E-state index is 0.583. The summed E-state index contributed by atoms with van der Waals surface area (Å²) in [6, 6.07) is 14.2. The van der Waals surface area contributed by atoms with Gasteiger partial charge in [-0.3, -0.25) is 0 Å². The van der Waals surface area contributed by atoms with Crippen molar-refractivity contribution >= 4 is 16.7 Å². The quantitative estimate of drug-likeness (QED) is 0.409. The normalized spacial score (nSPS) is 14.1. The van der Waals surface area contributed by atoms with Crippen molar-refractivity contribution in [1.29, 1.82) is 0 Å². The van der Waals surface area contributed by atoms with Crippen LogP contribution in [0.5, 0.6) is 0 Å². The summed E-state index contributed by atoms with van der Waals surface area (Å²) in [5.74, 6) is 0. The van der Waals surface area contributed by atoms with Crippen LogP contribution in [-0.4, -0.2) is 47.8 Å². The van der Waals surface area contributed by atoms with Gasteiger partial charge in [0.05, 0.1) is 16.7 Å². The molecule has 0 saturated carbocycles. The van der Waals surface area contributed by atoms with Crippen LogP contribution in [0.2, 0.25) is 0 Å². The highest BCUT2D eigenvalue weighted by Crippen LogP contribution is 2.36. The molecule has 1 heterocycles. The van der Waals surface area contributed by atoms with Gasteiger partial charge < -0.3 is 9.74 Å². The molecule has 0 unspecified atom stereocenters. The first kappa shape index (κ1) is 16.7. The van der Waals surface area contributed by atoms with Crippen molar-refractivity contribution in [2.24, 2.45) is 5.16 Å². The third-order valence-electron chi connectivity index (χ3n) is 4.56. The molecular weight excluding hydrogens is 324 g/mol. The van der Waals surface area contributed by atoms with Crippen LogP contribution in [-0.2, 0) is 4.84 Å². The third kappa shape index (κ3) is 2.95. The zero-order valence-electron chi connectivity index (χ0n) is 15.4. The molecule has 2 aromatic carbocycles. The number of aryl methyl sites for hydroxylation is 1. The Morgan fingerprint density at radius 1 is 0.962 bits per heavy atom. The summed E-state index contributed by atoms with van der Waals surface area (Å²) in [6.45, 7) is 3.62. The van der Waals surface area contributed by atoms with Crippen LogP contribution in [0.4, 0.5) is 0 Å². The molecule has 0 bridgehead atoms. The lowest BCUT2D eigenvalue weighted by molar-refractivity contribution is 0.135. The average molecular weight is 346 g/mol. The second-order valence-electron chi connectivity index (χ2n) is 6.84. The monoisotopic (exact) mass is 346 g/mol. The number of hydrogen-bond donors (Lipinski definition) is 0. The Kier molecular flexibility index (Phi) is 4.39. The number of para-hydroxylation sites is 1. The van der Waals surface area contributed by atoms with E-state index in [-0.39, 0.29) is 0 Å². The van der Waals surface area contributed by atoms with E-state index in [0.717, 1.165) is 57.8 Å². The van der Waals surface area contributed by atoms with Gasteiger partial charge in [0.15, 0.2) is 0 Å². The van der Waals surface area contributed by atoms with Crippen LogP contribution in [0.1, 0.15) is 23.2 Å². The zero-order chi connectivity index (χ0) is 18.1. The molecule has 4 rings (SSSR count). The van der Waals surface area contributed by atoms with E-state index in [1.807, 2.05) is 24.3 Å². The van der Waals surface area contributed by atoms with Crippen molar-refractivity contribution in [3.8, 4) is 11.3 Å². The number of hydrogen-bond acceptors (Lipinski definition) is 5. The largest absolute Gasteiger partial charge is 0.395 e. The predicted octanol–water partition coefficient (Wildman–Crippen LogP) is 3.64. The fourth-order valence-electron chi connectivity index (χ4n) is 3.24. The summed E-state index contributed by atoms with van der Waals surface area (Å²) in [6.07, 6.45) is 0.931. The summed E-state index contributed by atoms with van der Waals surface area (Å²) in [5.41, 5.74) is 7.51. The maximum absolute atomic E-state index is 5.61. The van der Waals surface area contributed by atoms with Crippen LogP contribution in [0.25, 0.3) is 22.3 Å². The molecule has 0 radical (unpaired) electrons. The molecule has 3 aromatic rings.